The van der Waals surface area contributed by atoms with Crippen LogP contribution in [-0.4, -0.2) is 71.1 Å². The zero-order valence-electron chi connectivity index (χ0n) is 19.3. The highest BCUT2D eigenvalue weighted by Crippen LogP contribution is 2.11. The molecule has 0 amide bonds. The summed E-state index contributed by atoms with van der Waals surface area (Å²) in [5, 5.41) is 38.4. The topological polar surface area (TPSA) is 120 Å². The molecule has 0 heterocycles. The molecule has 0 saturated carbocycles. The first kappa shape index (κ1) is 30.0. The molecule has 0 radical (unpaired) electrons. The molecule has 0 spiro atoms. The summed E-state index contributed by atoms with van der Waals surface area (Å²) < 4.78 is 9.70. The molecule has 0 aliphatic heterocycles. The van der Waals surface area contributed by atoms with Gasteiger partial charge in [0.1, 0.15) is 0 Å². The van der Waals surface area contributed by atoms with Crippen LogP contribution in [0.1, 0.15) is 90.4 Å². The average Bonchev–Trinajstić information content (AvgIpc) is 2.72. The second-order valence-electron chi connectivity index (χ2n) is 7.80. The predicted octanol–water partition coefficient (Wildman–Crippen LogP) is 2.73. The quantitative estimate of drug-likeness (QED) is 0.0869. The second kappa shape index (κ2) is 22.2. The number of aliphatic hydroxyl groups excluding tert-OH is 3. The maximum Gasteiger partial charge on any atom is 0.730 e. The Morgan fingerprint density at radius 1 is 0.968 bits per heavy atom. The molecule has 9 heteroatoms. The number of carbonyl (C=O) groups excluding carboxylic acids is 1. The van der Waals surface area contributed by atoms with Crippen LogP contribution in [0.25, 0.3) is 0 Å². The fraction of sp³-hybridized carbons (Fsp3) is 0.864. The molecule has 31 heavy (non-hydrogen) atoms. The van der Waals surface area contributed by atoms with Crippen LogP contribution in [-0.2, 0) is 14.2 Å². The van der Waals surface area contributed by atoms with Crippen LogP contribution < -0.4 is 0 Å². The van der Waals surface area contributed by atoms with Gasteiger partial charge < -0.3 is 25.0 Å². The van der Waals surface area contributed by atoms with E-state index in [1.165, 1.54) is 19.3 Å². The van der Waals surface area contributed by atoms with Crippen molar-refractivity contribution in [3.8, 4) is 0 Å². The van der Waals surface area contributed by atoms with Crippen molar-refractivity contribution in [1.82, 2.24) is 5.06 Å². The van der Waals surface area contributed by atoms with Crippen molar-refractivity contribution in [3.05, 3.63) is 12.2 Å². The van der Waals surface area contributed by atoms with Gasteiger partial charge in [0.2, 0.25) is 0 Å². The number of hydroxylamine groups is 2. The minimum Gasteiger partial charge on any atom is -0.484 e. The summed E-state index contributed by atoms with van der Waals surface area (Å²) in [6.07, 6.45) is 16.4. The van der Waals surface area contributed by atoms with E-state index < -0.39 is 13.3 Å². The van der Waals surface area contributed by atoms with Gasteiger partial charge in [-0.25, -0.2) is 0 Å². The lowest BCUT2D eigenvalue weighted by molar-refractivity contribution is -0.147. The fourth-order valence-corrected chi connectivity index (χ4v) is 3.12. The van der Waals surface area contributed by atoms with E-state index in [4.69, 9.17) is 19.6 Å². The zero-order valence-corrected chi connectivity index (χ0v) is 19.3. The Morgan fingerprint density at radius 3 is 2.29 bits per heavy atom. The van der Waals surface area contributed by atoms with Gasteiger partial charge in [-0.2, -0.15) is 5.06 Å². The van der Waals surface area contributed by atoms with E-state index in [0.29, 0.717) is 6.42 Å². The van der Waals surface area contributed by atoms with Crippen LogP contribution in [0.15, 0.2) is 12.2 Å². The summed E-state index contributed by atoms with van der Waals surface area (Å²) in [7, 11) is -1.74. The largest absolute Gasteiger partial charge is 0.730 e. The second-order valence-corrected chi connectivity index (χ2v) is 7.80. The Bertz CT molecular complexity index is 434. The van der Waals surface area contributed by atoms with Gasteiger partial charge in [0.25, 0.3) is 5.97 Å². The molecule has 0 aliphatic carbocycles. The van der Waals surface area contributed by atoms with Crippen molar-refractivity contribution in [1.29, 1.82) is 0 Å². The number of hydrogen-bond acceptors (Lipinski definition) is 8. The van der Waals surface area contributed by atoms with Gasteiger partial charge in [-0.05, 0) is 32.1 Å². The zero-order chi connectivity index (χ0) is 23.2. The highest BCUT2D eigenvalue weighted by atomic mass is 16.8. The number of hydrogen-bond donors (Lipinski definition) is 4. The molecular formula is C22H44BNO7. The number of unbranched alkanes of at least 4 members (excludes halogenated alkanes) is 8. The standard InChI is InChI=1S/C22H44BNO7/c1-2-3-4-11-14-21(27)15-12-9-7-5-6-8-10-13-16-22(28)30-23(29)31-24(17-19-25)18-20-26/h9,12,21,25-27,29H,2-8,10-11,13-20H2,1H3/b12-9-/t21-/m1/s1. The van der Waals surface area contributed by atoms with Crippen LogP contribution in [0.2, 0.25) is 0 Å². The van der Waals surface area contributed by atoms with Crippen molar-refractivity contribution in [2.45, 2.75) is 96.5 Å². The summed E-state index contributed by atoms with van der Waals surface area (Å²) in [6, 6.07) is 0. The van der Waals surface area contributed by atoms with Crippen LogP contribution in [0.4, 0.5) is 0 Å². The lowest BCUT2D eigenvalue weighted by Crippen LogP contribution is -2.39. The van der Waals surface area contributed by atoms with Crippen molar-refractivity contribution >= 4 is 13.3 Å². The number of aliphatic hydroxyl groups is 3. The van der Waals surface area contributed by atoms with Crippen molar-refractivity contribution in [3.63, 3.8) is 0 Å². The normalized spacial score (nSPS) is 12.6. The molecule has 4 N–H and O–H groups in total. The number of carbonyl (C=O) groups is 1. The summed E-state index contributed by atoms with van der Waals surface area (Å²) in [5.74, 6) is -0.545. The molecule has 0 rings (SSSR count). The van der Waals surface area contributed by atoms with Crippen molar-refractivity contribution in [2.75, 3.05) is 26.3 Å². The van der Waals surface area contributed by atoms with E-state index >= 15 is 0 Å². The van der Waals surface area contributed by atoms with Crippen LogP contribution in [0, 0.1) is 0 Å². The molecule has 0 saturated heterocycles. The van der Waals surface area contributed by atoms with E-state index in [2.05, 4.69) is 19.1 Å². The summed E-state index contributed by atoms with van der Waals surface area (Å²) in [6.45, 7) is 1.94. The maximum absolute atomic E-state index is 11.7. The van der Waals surface area contributed by atoms with Crippen LogP contribution in [0.3, 0.4) is 0 Å². The summed E-state index contributed by atoms with van der Waals surface area (Å²) >= 11 is 0. The molecular weight excluding hydrogens is 401 g/mol. The summed E-state index contributed by atoms with van der Waals surface area (Å²) in [4.78, 5) is 11.7. The predicted molar refractivity (Wildman–Crippen MR) is 122 cm³/mol. The third kappa shape index (κ3) is 20.7. The first-order valence-corrected chi connectivity index (χ1v) is 11.9. The van der Waals surface area contributed by atoms with E-state index in [0.717, 1.165) is 56.4 Å². The third-order valence-corrected chi connectivity index (χ3v) is 4.89. The lowest BCUT2D eigenvalue weighted by atomic mass is 10.1. The molecule has 182 valence electrons. The van der Waals surface area contributed by atoms with Gasteiger partial charge in [0.15, 0.2) is 0 Å². The van der Waals surface area contributed by atoms with Gasteiger partial charge >= 0.3 is 7.32 Å². The van der Waals surface area contributed by atoms with E-state index in [-0.39, 0.29) is 38.8 Å². The average molecular weight is 445 g/mol. The molecule has 0 aromatic rings. The van der Waals surface area contributed by atoms with Gasteiger partial charge in [0, 0.05) is 19.5 Å². The molecule has 0 aliphatic rings. The molecule has 0 bridgehead atoms. The highest BCUT2D eigenvalue weighted by molar-refractivity contribution is 6.37. The van der Waals surface area contributed by atoms with Crippen molar-refractivity contribution < 1.29 is 34.5 Å². The van der Waals surface area contributed by atoms with Gasteiger partial charge in [-0.15, -0.1) is 0 Å². The fourth-order valence-electron chi connectivity index (χ4n) is 3.12. The summed E-state index contributed by atoms with van der Waals surface area (Å²) in [5.41, 5.74) is 0. The van der Waals surface area contributed by atoms with E-state index in [1.54, 1.807) is 0 Å². The molecule has 0 fully saturated rings. The van der Waals surface area contributed by atoms with Crippen LogP contribution in [0.5, 0.6) is 0 Å². The monoisotopic (exact) mass is 445 g/mol. The number of allylic oxidation sites excluding steroid dienone is 1. The molecule has 0 unspecified atom stereocenters. The first-order valence-electron chi connectivity index (χ1n) is 11.9. The number of nitrogens with zero attached hydrogens (tertiary/aromatic N) is 1. The highest BCUT2D eigenvalue weighted by Gasteiger charge is 2.25. The Balaban J connectivity index is 3.59. The molecule has 8 nitrogen and oxygen atoms in total. The SMILES string of the molecule is CCCCCC[C@@H](O)C/C=C\CCCCCCCC(=O)OB(O)ON(CCO)CCO. The Hall–Kier alpha value is -0.965. The first-order chi connectivity index (χ1) is 15.0. The van der Waals surface area contributed by atoms with Gasteiger partial charge in [-0.1, -0.05) is 64.0 Å². The smallest absolute Gasteiger partial charge is 0.484 e. The van der Waals surface area contributed by atoms with E-state index in [1.807, 2.05) is 0 Å². The van der Waals surface area contributed by atoms with E-state index in [9.17, 15) is 14.9 Å². The third-order valence-electron chi connectivity index (χ3n) is 4.89. The molecule has 1 atom stereocenters. The Kier molecular flexibility index (Phi) is 21.5. The van der Waals surface area contributed by atoms with Crippen LogP contribution >= 0.6 is 0 Å². The lowest BCUT2D eigenvalue weighted by Gasteiger charge is -2.20. The van der Waals surface area contributed by atoms with Crippen molar-refractivity contribution in [2.24, 2.45) is 0 Å². The van der Waals surface area contributed by atoms with Gasteiger partial charge in [-0.3, -0.25) is 9.55 Å². The Morgan fingerprint density at radius 2 is 1.61 bits per heavy atom. The maximum atomic E-state index is 11.7. The Labute approximate surface area is 188 Å². The minimum atomic E-state index is -1.74. The minimum absolute atomic E-state index is 0.0873. The van der Waals surface area contributed by atoms with Gasteiger partial charge in [0.05, 0.1) is 19.3 Å². The molecule has 0 aromatic carbocycles. The molecule has 0 aromatic heterocycles. The number of rotatable bonds is 22.